The molecule has 0 aliphatic carbocycles. The van der Waals surface area contributed by atoms with E-state index in [1.165, 1.54) is 35.6 Å². The number of rotatable bonds is 2. The van der Waals surface area contributed by atoms with Crippen LogP contribution in [-0.2, 0) is 9.59 Å². The molecular formula is C15H8ClFN2O2S2. The molecule has 3 rings (SSSR count). The van der Waals surface area contributed by atoms with E-state index in [-0.39, 0.29) is 16.4 Å². The van der Waals surface area contributed by atoms with Crippen molar-refractivity contribution in [3.63, 3.8) is 0 Å². The van der Waals surface area contributed by atoms with Gasteiger partial charge in [-0.1, -0.05) is 23.7 Å². The summed E-state index contributed by atoms with van der Waals surface area (Å²) in [6, 6.07) is 9.04. The van der Waals surface area contributed by atoms with E-state index in [0.29, 0.717) is 9.21 Å². The number of nitrogens with one attached hydrogen (secondary N) is 1. The Morgan fingerprint density at radius 2 is 1.96 bits per heavy atom. The van der Waals surface area contributed by atoms with Gasteiger partial charge in [0.25, 0.3) is 11.8 Å². The molecule has 1 aromatic heterocycles. The van der Waals surface area contributed by atoms with Crippen molar-refractivity contribution in [2.45, 2.75) is 0 Å². The molecular weight excluding hydrogens is 359 g/mol. The summed E-state index contributed by atoms with van der Waals surface area (Å²) in [4.78, 5) is 26.3. The summed E-state index contributed by atoms with van der Waals surface area (Å²) < 4.78 is 14.5. The van der Waals surface area contributed by atoms with E-state index in [4.69, 9.17) is 23.8 Å². The van der Waals surface area contributed by atoms with Crippen LogP contribution in [0.2, 0.25) is 4.34 Å². The number of amides is 2. The number of thiocarbonyl (C=S) groups is 1. The molecule has 0 unspecified atom stereocenters. The molecule has 2 aromatic rings. The van der Waals surface area contributed by atoms with Crippen LogP contribution in [0.1, 0.15) is 4.88 Å². The van der Waals surface area contributed by atoms with E-state index < -0.39 is 17.6 Å². The van der Waals surface area contributed by atoms with Gasteiger partial charge in [0.05, 0.1) is 10.0 Å². The van der Waals surface area contributed by atoms with Gasteiger partial charge in [-0.15, -0.1) is 11.3 Å². The van der Waals surface area contributed by atoms with Crippen LogP contribution in [0, 0.1) is 5.82 Å². The molecule has 23 heavy (non-hydrogen) atoms. The van der Waals surface area contributed by atoms with E-state index in [1.807, 2.05) is 0 Å². The van der Waals surface area contributed by atoms with Crippen molar-refractivity contribution in [1.82, 2.24) is 5.32 Å². The van der Waals surface area contributed by atoms with Gasteiger partial charge in [0, 0.05) is 4.88 Å². The van der Waals surface area contributed by atoms with Crippen LogP contribution in [0.3, 0.4) is 0 Å². The van der Waals surface area contributed by atoms with Gasteiger partial charge in [0.2, 0.25) is 0 Å². The molecule has 0 atom stereocenters. The molecule has 1 saturated heterocycles. The molecule has 1 N–H and O–H groups in total. The largest absolute Gasteiger partial charge is 0.298 e. The molecule has 1 aromatic carbocycles. The maximum absolute atomic E-state index is 14.0. The Balaban J connectivity index is 2.04. The number of hydrogen-bond acceptors (Lipinski definition) is 4. The quantitative estimate of drug-likeness (QED) is 0.503. The molecule has 2 amide bonds. The molecule has 0 saturated carbocycles. The number of benzene rings is 1. The number of carbonyl (C=O) groups is 2. The Morgan fingerprint density at radius 3 is 2.61 bits per heavy atom. The first-order valence-corrected chi connectivity index (χ1v) is 7.99. The Bertz CT molecular complexity index is 863. The lowest BCUT2D eigenvalue weighted by atomic mass is 10.1. The second kappa shape index (κ2) is 6.19. The van der Waals surface area contributed by atoms with Crippen LogP contribution in [-0.4, -0.2) is 16.9 Å². The lowest BCUT2D eigenvalue weighted by Gasteiger charge is -2.29. The number of halogens is 2. The fourth-order valence-corrected chi connectivity index (χ4v) is 3.34. The summed E-state index contributed by atoms with van der Waals surface area (Å²) >= 11 is 12.1. The van der Waals surface area contributed by atoms with Crippen LogP contribution in [0.5, 0.6) is 0 Å². The van der Waals surface area contributed by atoms with Gasteiger partial charge in [-0.25, -0.2) is 9.29 Å². The maximum Gasteiger partial charge on any atom is 0.270 e. The van der Waals surface area contributed by atoms with E-state index in [1.54, 1.807) is 18.2 Å². The zero-order valence-corrected chi connectivity index (χ0v) is 13.8. The average Bonchev–Trinajstić information content (AvgIpc) is 2.91. The topological polar surface area (TPSA) is 49.4 Å². The number of thiophene rings is 1. The number of carbonyl (C=O) groups excluding carboxylic acids is 2. The van der Waals surface area contributed by atoms with Gasteiger partial charge in [0.1, 0.15) is 11.4 Å². The molecule has 1 aliphatic rings. The minimum absolute atomic E-state index is 0.0161. The predicted octanol–water partition coefficient (Wildman–Crippen LogP) is 3.37. The van der Waals surface area contributed by atoms with Crippen LogP contribution < -0.4 is 10.2 Å². The highest BCUT2D eigenvalue weighted by Crippen LogP contribution is 2.27. The summed E-state index contributed by atoms with van der Waals surface area (Å²) in [5, 5.41) is 2.24. The third kappa shape index (κ3) is 3.03. The molecule has 0 bridgehead atoms. The van der Waals surface area contributed by atoms with Gasteiger partial charge in [0.15, 0.2) is 5.11 Å². The lowest BCUT2D eigenvalue weighted by molar-refractivity contribution is -0.122. The Labute approximate surface area is 145 Å². The molecule has 2 heterocycles. The van der Waals surface area contributed by atoms with Crippen molar-refractivity contribution < 1.29 is 14.0 Å². The van der Waals surface area contributed by atoms with Crippen molar-refractivity contribution in [2.24, 2.45) is 0 Å². The van der Waals surface area contributed by atoms with Crippen molar-refractivity contribution in [1.29, 1.82) is 0 Å². The zero-order chi connectivity index (χ0) is 16.6. The maximum atomic E-state index is 14.0. The average molecular weight is 367 g/mol. The fraction of sp³-hybridized carbons (Fsp3) is 0. The number of hydrogen-bond donors (Lipinski definition) is 1. The first-order valence-electron chi connectivity index (χ1n) is 6.38. The third-order valence-electron chi connectivity index (χ3n) is 3.08. The normalized spacial score (nSPS) is 16.9. The number of anilines is 1. The Morgan fingerprint density at radius 1 is 1.22 bits per heavy atom. The highest BCUT2D eigenvalue weighted by Gasteiger charge is 2.35. The number of nitrogens with zero attached hydrogens (tertiary/aromatic N) is 1. The van der Waals surface area contributed by atoms with Crippen LogP contribution in [0.4, 0.5) is 10.1 Å². The molecule has 1 aliphatic heterocycles. The van der Waals surface area contributed by atoms with Crippen molar-refractivity contribution in [3.8, 4) is 0 Å². The zero-order valence-electron chi connectivity index (χ0n) is 11.4. The highest BCUT2D eigenvalue weighted by atomic mass is 35.5. The second-order valence-electron chi connectivity index (χ2n) is 4.55. The van der Waals surface area contributed by atoms with Gasteiger partial charge in [-0.3, -0.25) is 14.9 Å². The summed E-state index contributed by atoms with van der Waals surface area (Å²) in [7, 11) is 0. The smallest absolute Gasteiger partial charge is 0.270 e. The first kappa shape index (κ1) is 15.8. The van der Waals surface area contributed by atoms with Crippen molar-refractivity contribution in [3.05, 3.63) is 57.0 Å². The fourth-order valence-electron chi connectivity index (χ4n) is 2.06. The van der Waals surface area contributed by atoms with E-state index in [0.717, 1.165) is 4.90 Å². The molecule has 0 radical (unpaired) electrons. The summed E-state index contributed by atoms with van der Waals surface area (Å²) in [6.45, 7) is 0. The van der Waals surface area contributed by atoms with Crippen molar-refractivity contribution in [2.75, 3.05) is 4.90 Å². The summed E-state index contributed by atoms with van der Waals surface area (Å²) in [5.41, 5.74) is -0.155. The van der Waals surface area contributed by atoms with Gasteiger partial charge < -0.3 is 0 Å². The van der Waals surface area contributed by atoms with Crippen LogP contribution in [0.15, 0.2) is 42.0 Å². The van der Waals surface area contributed by atoms with Crippen molar-refractivity contribution >= 4 is 63.8 Å². The second-order valence-corrected chi connectivity index (χ2v) is 6.68. The third-order valence-corrected chi connectivity index (χ3v) is 4.54. The van der Waals surface area contributed by atoms with E-state index in [9.17, 15) is 14.0 Å². The highest BCUT2D eigenvalue weighted by molar-refractivity contribution is 7.80. The molecule has 116 valence electrons. The van der Waals surface area contributed by atoms with E-state index in [2.05, 4.69) is 5.32 Å². The standard InChI is InChI=1S/C15H8ClFN2O2S2/c16-12-6-5-8(23-12)7-9-13(20)18-15(22)19(14(9)21)11-4-2-1-3-10(11)17/h1-7H,(H,18,20,22)/b9-7+. The summed E-state index contributed by atoms with van der Waals surface area (Å²) in [6.07, 6.45) is 1.41. The van der Waals surface area contributed by atoms with Gasteiger partial charge in [-0.2, -0.15) is 0 Å². The van der Waals surface area contributed by atoms with Crippen LogP contribution >= 0.6 is 35.2 Å². The minimum atomic E-state index is -0.687. The van der Waals surface area contributed by atoms with E-state index >= 15 is 0 Å². The first-order chi connectivity index (χ1) is 11.0. The predicted molar refractivity (Wildman–Crippen MR) is 91.9 cm³/mol. The minimum Gasteiger partial charge on any atom is -0.298 e. The van der Waals surface area contributed by atoms with Gasteiger partial charge in [-0.05, 0) is 42.6 Å². The molecule has 8 heteroatoms. The lowest BCUT2D eigenvalue weighted by Crippen LogP contribution is -2.54. The molecule has 1 fully saturated rings. The van der Waals surface area contributed by atoms with Crippen LogP contribution in [0.25, 0.3) is 6.08 Å². The monoisotopic (exact) mass is 366 g/mol. The van der Waals surface area contributed by atoms with Gasteiger partial charge >= 0.3 is 0 Å². The SMILES string of the molecule is O=C1NC(=S)N(c2ccccc2F)C(=O)/C1=C/c1ccc(Cl)s1. The summed E-state index contributed by atoms with van der Waals surface area (Å²) in [5.74, 6) is -1.93. The Hall–Kier alpha value is -2.09. The number of para-hydroxylation sites is 1. The Kier molecular flexibility index (Phi) is 4.25. The molecule has 4 nitrogen and oxygen atoms in total. The molecule has 0 spiro atoms.